The van der Waals surface area contributed by atoms with Crippen LogP contribution in [0.4, 0.5) is 5.69 Å². The minimum atomic E-state index is -0.0179. The maximum atomic E-state index is 12.4. The number of para-hydroxylation sites is 1. The van der Waals surface area contributed by atoms with Gasteiger partial charge in [-0.3, -0.25) is 9.69 Å². The normalized spacial score (nSPS) is 10.9. The van der Waals surface area contributed by atoms with Gasteiger partial charge in [0.05, 0.1) is 10.9 Å². The van der Waals surface area contributed by atoms with Gasteiger partial charge >= 0.3 is 0 Å². The number of halogens is 1. The van der Waals surface area contributed by atoms with Gasteiger partial charge in [0.2, 0.25) is 5.91 Å². The highest BCUT2D eigenvalue weighted by Gasteiger charge is 2.11. The fraction of sp³-hybridized carbons (Fsp3) is 0.190. The average Bonchev–Trinajstić information content (AvgIpc) is 3.02. The molecule has 3 rings (SSSR count). The molecule has 0 atom stereocenters. The maximum Gasteiger partial charge on any atom is 0.238 e. The van der Waals surface area contributed by atoms with Crippen molar-refractivity contribution in [2.75, 3.05) is 18.9 Å². The monoisotopic (exact) mass is 384 g/mol. The second kappa shape index (κ2) is 8.99. The van der Waals surface area contributed by atoms with Crippen molar-refractivity contribution in [3.63, 3.8) is 0 Å². The number of amides is 1. The van der Waals surface area contributed by atoms with Crippen molar-refractivity contribution < 1.29 is 4.79 Å². The summed E-state index contributed by atoms with van der Waals surface area (Å²) in [6, 6.07) is 22.1. The Morgan fingerprint density at radius 2 is 1.77 bits per heavy atom. The molecule has 0 aliphatic carbocycles. The molecule has 0 aliphatic heterocycles. The van der Waals surface area contributed by atoms with Crippen molar-refractivity contribution in [3.05, 3.63) is 87.1 Å². The van der Waals surface area contributed by atoms with Crippen LogP contribution in [0.5, 0.6) is 0 Å². The van der Waals surface area contributed by atoms with E-state index in [0.29, 0.717) is 13.1 Å². The number of nitrogens with zero attached hydrogens (tertiary/aromatic N) is 1. The van der Waals surface area contributed by atoms with E-state index in [9.17, 15) is 4.79 Å². The van der Waals surface area contributed by atoms with Crippen molar-refractivity contribution >= 4 is 34.5 Å². The first-order valence-corrected chi connectivity index (χ1v) is 9.64. The SMILES string of the molecule is CN(CC(=O)Nc1ccccc1Cc1ccccc1)Cc1ccc(Cl)s1. The first-order valence-electron chi connectivity index (χ1n) is 8.44. The Hall–Kier alpha value is -2.14. The molecule has 1 heterocycles. The zero-order valence-electron chi connectivity index (χ0n) is 14.6. The third-order valence-electron chi connectivity index (χ3n) is 4.00. The summed E-state index contributed by atoms with van der Waals surface area (Å²) in [7, 11) is 1.93. The third kappa shape index (κ3) is 5.43. The number of nitrogens with one attached hydrogen (secondary N) is 1. The smallest absolute Gasteiger partial charge is 0.238 e. The highest BCUT2D eigenvalue weighted by atomic mass is 35.5. The molecule has 0 aliphatic rings. The second-order valence-electron chi connectivity index (χ2n) is 6.25. The molecule has 0 saturated carbocycles. The van der Waals surface area contributed by atoms with E-state index in [0.717, 1.165) is 26.9 Å². The minimum absolute atomic E-state index is 0.0179. The van der Waals surface area contributed by atoms with Crippen LogP contribution in [0.2, 0.25) is 4.34 Å². The van der Waals surface area contributed by atoms with E-state index < -0.39 is 0 Å². The summed E-state index contributed by atoms with van der Waals surface area (Å²) in [5.74, 6) is -0.0179. The topological polar surface area (TPSA) is 32.3 Å². The lowest BCUT2D eigenvalue weighted by molar-refractivity contribution is -0.117. The van der Waals surface area contributed by atoms with Crippen LogP contribution in [0.25, 0.3) is 0 Å². The number of rotatable bonds is 7. The quantitative estimate of drug-likeness (QED) is 0.617. The van der Waals surface area contributed by atoms with Crippen LogP contribution in [0, 0.1) is 0 Å². The van der Waals surface area contributed by atoms with Crippen LogP contribution < -0.4 is 5.32 Å². The Kier molecular flexibility index (Phi) is 6.45. The van der Waals surface area contributed by atoms with Gasteiger partial charge in [-0.1, -0.05) is 60.1 Å². The van der Waals surface area contributed by atoms with Crippen LogP contribution in [-0.2, 0) is 17.8 Å². The molecule has 0 saturated heterocycles. The summed E-state index contributed by atoms with van der Waals surface area (Å²) in [6.07, 6.45) is 0.792. The molecule has 26 heavy (non-hydrogen) atoms. The molecule has 1 N–H and O–H groups in total. The van der Waals surface area contributed by atoms with Crippen LogP contribution in [0.15, 0.2) is 66.7 Å². The molecule has 0 fully saturated rings. The number of carbonyl (C=O) groups is 1. The molecule has 1 amide bonds. The Morgan fingerprint density at radius 3 is 2.50 bits per heavy atom. The summed E-state index contributed by atoms with van der Waals surface area (Å²) in [5.41, 5.74) is 3.20. The van der Waals surface area contributed by atoms with Gasteiger partial charge in [-0.2, -0.15) is 0 Å². The molecule has 3 nitrogen and oxygen atoms in total. The van der Waals surface area contributed by atoms with E-state index in [4.69, 9.17) is 11.6 Å². The Morgan fingerprint density at radius 1 is 1.04 bits per heavy atom. The predicted molar refractivity (Wildman–Crippen MR) is 110 cm³/mol. The highest BCUT2D eigenvalue weighted by molar-refractivity contribution is 7.16. The van der Waals surface area contributed by atoms with Crippen LogP contribution in [-0.4, -0.2) is 24.4 Å². The second-order valence-corrected chi connectivity index (χ2v) is 8.05. The van der Waals surface area contributed by atoms with Gasteiger partial charge in [0.25, 0.3) is 0 Å². The molecule has 2 aromatic carbocycles. The summed E-state index contributed by atoms with van der Waals surface area (Å²) < 4.78 is 0.771. The molecule has 0 radical (unpaired) electrons. The first kappa shape index (κ1) is 18.6. The number of anilines is 1. The molecule has 134 valence electrons. The van der Waals surface area contributed by atoms with E-state index in [1.54, 1.807) is 11.3 Å². The Bertz CT molecular complexity index is 863. The van der Waals surface area contributed by atoms with Gasteiger partial charge in [-0.05, 0) is 42.8 Å². The van der Waals surface area contributed by atoms with E-state index in [2.05, 4.69) is 23.5 Å². The van der Waals surface area contributed by atoms with Gasteiger partial charge in [0, 0.05) is 17.1 Å². The van der Waals surface area contributed by atoms with Gasteiger partial charge in [0.1, 0.15) is 0 Å². The van der Waals surface area contributed by atoms with Crippen LogP contribution in [0.1, 0.15) is 16.0 Å². The van der Waals surface area contributed by atoms with Gasteiger partial charge in [-0.25, -0.2) is 0 Å². The molecular weight excluding hydrogens is 364 g/mol. The number of likely N-dealkylation sites (N-methyl/N-ethyl adjacent to an activating group) is 1. The van der Waals surface area contributed by atoms with Crippen molar-refractivity contribution in [1.29, 1.82) is 0 Å². The molecule has 3 aromatic rings. The van der Waals surface area contributed by atoms with Crippen LogP contribution >= 0.6 is 22.9 Å². The van der Waals surface area contributed by atoms with E-state index >= 15 is 0 Å². The lowest BCUT2D eigenvalue weighted by atomic mass is 10.0. The van der Waals surface area contributed by atoms with Gasteiger partial charge < -0.3 is 5.32 Å². The standard InChI is InChI=1S/C21H21ClN2OS/c1-24(14-18-11-12-20(22)26-18)15-21(25)23-19-10-6-5-9-17(19)13-16-7-3-2-4-8-16/h2-12H,13-15H2,1H3,(H,23,25). The van der Waals surface area contributed by atoms with Gasteiger partial charge in [-0.15, -0.1) is 11.3 Å². The van der Waals surface area contributed by atoms with Crippen molar-refractivity contribution in [2.45, 2.75) is 13.0 Å². The average molecular weight is 385 g/mol. The number of thiophene rings is 1. The number of hydrogen-bond acceptors (Lipinski definition) is 3. The molecule has 0 spiro atoms. The molecule has 5 heteroatoms. The molecule has 0 unspecified atom stereocenters. The number of carbonyl (C=O) groups excluding carboxylic acids is 1. The summed E-state index contributed by atoms with van der Waals surface area (Å²) in [5, 5.41) is 3.05. The first-order chi connectivity index (χ1) is 12.6. The Labute approximate surface area is 163 Å². The van der Waals surface area contributed by atoms with Crippen molar-refractivity contribution in [3.8, 4) is 0 Å². The zero-order valence-corrected chi connectivity index (χ0v) is 16.2. The van der Waals surface area contributed by atoms with Gasteiger partial charge in [0.15, 0.2) is 0 Å². The highest BCUT2D eigenvalue weighted by Crippen LogP contribution is 2.22. The molecule has 0 bridgehead atoms. The fourth-order valence-electron chi connectivity index (χ4n) is 2.81. The maximum absolute atomic E-state index is 12.4. The molecular formula is C21H21ClN2OS. The van der Waals surface area contributed by atoms with E-state index in [1.165, 1.54) is 5.56 Å². The van der Waals surface area contributed by atoms with E-state index in [1.807, 2.05) is 60.5 Å². The molecule has 1 aromatic heterocycles. The fourth-order valence-corrected chi connectivity index (χ4v) is 3.97. The summed E-state index contributed by atoms with van der Waals surface area (Å²) in [6.45, 7) is 1.03. The largest absolute Gasteiger partial charge is 0.325 e. The Balaban J connectivity index is 1.60. The van der Waals surface area contributed by atoms with Crippen LogP contribution in [0.3, 0.4) is 0 Å². The summed E-state index contributed by atoms with van der Waals surface area (Å²) in [4.78, 5) is 15.6. The lowest BCUT2D eigenvalue weighted by Crippen LogP contribution is -2.29. The summed E-state index contributed by atoms with van der Waals surface area (Å²) >= 11 is 7.50. The third-order valence-corrected chi connectivity index (χ3v) is 5.21. The van der Waals surface area contributed by atoms with Crippen molar-refractivity contribution in [2.24, 2.45) is 0 Å². The van der Waals surface area contributed by atoms with E-state index in [-0.39, 0.29) is 5.91 Å². The number of hydrogen-bond donors (Lipinski definition) is 1. The minimum Gasteiger partial charge on any atom is -0.325 e. The number of benzene rings is 2. The zero-order chi connectivity index (χ0) is 18.4. The van der Waals surface area contributed by atoms with Crippen molar-refractivity contribution in [1.82, 2.24) is 4.90 Å². The lowest BCUT2D eigenvalue weighted by Gasteiger charge is -2.16. The predicted octanol–water partition coefficient (Wildman–Crippen LogP) is 5.06.